The number of sulfonamides is 1. The predicted molar refractivity (Wildman–Crippen MR) is 76.9 cm³/mol. The molecule has 2 N–H and O–H groups in total. The minimum absolute atomic E-state index is 0.0681. The monoisotopic (exact) mass is 299 g/mol. The van der Waals surface area contributed by atoms with Crippen molar-refractivity contribution in [1.29, 1.82) is 0 Å². The maximum Gasteiger partial charge on any atom is 0.338 e. The van der Waals surface area contributed by atoms with Gasteiger partial charge in [-0.15, -0.1) is 0 Å². The molecule has 0 aliphatic rings. The van der Waals surface area contributed by atoms with E-state index in [-0.39, 0.29) is 15.9 Å². The van der Waals surface area contributed by atoms with E-state index in [0.29, 0.717) is 12.2 Å². The summed E-state index contributed by atoms with van der Waals surface area (Å²) in [5.41, 5.74) is 0.903. The number of aryl methyl sites for hydroxylation is 1. The lowest BCUT2D eigenvalue weighted by molar-refractivity contribution is 0.0464. The van der Waals surface area contributed by atoms with Crippen molar-refractivity contribution in [2.45, 2.75) is 39.0 Å². The molecule has 0 heterocycles. The molecule has 0 saturated heterocycles. The molecule has 20 heavy (non-hydrogen) atoms. The Kier molecular flexibility index (Phi) is 4.94. The largest absolute Gasteiger partial charge is 0.462 e. The van der Waals surface area contributed by atoms with E-state index in [0.717, 1.165) is 6.42 Å². The summed E-state index contributed by atoms with van der Waals surface area (Å²) in [4.78, 5) is 11.8. The quantitative estimate of drug-likeness (QED) is 0.864. The number of primary sulfonamides is 1. The summed E-state index contributed by atoms with van der Waals surface area (Å²) >= 11 is 0. The van der Waals surface area contributed by atoms with Crippen LogP contribution in [0.3, 0.4) is 0 Å². The Labute approximate surface area is 120 Å². The molecule has 0 aromatic heterocycles. The summed E-state index contributed by atoms with van der Waals surface area (Å²) in [5.74, 6) is -0.539. The zero-order valence-corrected chi connectivity index (χ0v) is 13.1. The van der Waals surface area contributed by atoms with Gasteiger partial charge in [0.1, 0.15) is 0 Å². The number of hydrogen-bond acceptors (Lipinski definition) is 4. The number of ether oxygens (including phenoxy) is 1. The number of esters is 1. The van der Waals surface area contributed by atoms with E-state index in [2.05, 4.69) is 0 Å². The molecule has 0 radical (unpaired) electrons. The van der Waals surface area contributed by atoms with E-state index >= 15 is 0 Å². The molecule has 0 unspecified atom stereocenters. The van der Waals surface area contributed by atoms with Gasteiger partial charge in [-0.3, -0.25) is 0 Å². The van der Waals surface area contributed by atoms with Crippen molar-refractivity contribution in [2.75, 3.05) is 6.61 Å². The van der Waals surface area contributed by atoms with E-state index in [4.69, 9.17) is 9.88 Å². The molecular formula is C14H21NO4S. The maximum atomic E-state index is 11.9. The van der Waals surface area contributed by atoms with Gasteiger partial charge >= 0.3 is 5.97 Å². The first-order valence-electron chi connectivity index (χ1n) is 6.31. The lowest BCUT2D eigenvalue weighted by atomic mass is 9.93. The van der Waals surface area contributed by atoms with Gasteiger partial charge < -0.3 is 4.74 Å². The molecule has 0 atom stereocenters. The van der Waals surface area contributed by atoms with Gasteiger partial charge in [-0.2, -0.15) is 0 Å². The third-order valence-electron chi connectivity index (χ3n) is 2.70. The molecule has 1 rings (SSSR count). The molecule has 1 aromatic rings. The van der Waals surface area contributed by atoms with Crippen LogP contribution in [-0.4, -0.2) is 21.0 Å². The molecule has 112 valence electrons. The Bertz CT molecular complexity index is 600. The van der Waals surface area contributed by atoms with Crippen molar-refractivity contribution >= 4 is 16.0 Å². The molecule has 1 aromatic carbocycles. The zero-order chi connectivity index (χ0) is 15.6. The number of hydrogen-bond donors (Lipinski definition) is 1. The highest BCUT2D eigenvalue weighted by atomic mass is 32.2. The van der Waals surface area contributed by atoms with E-state index < -0.39 is 16.0 Å². The highest BCUT2D eigenvalue weighted by molar-refractivity contribution is 7.89. The Morgan fingerprint density at radius 2 is 1.85 bits per heavy atom. The first-order chi connectivity index (χ1) is 8.99. The maximum absolute atomic E-state index is 11.9. The first kappa shape index (κ1) is 16.7. The predicted octanol–water partition coefficient (Wildman–Crippen LogP) is 2.24. The number of carbonyl (C=O) groups is 1. The number of nitrogens with two attached hydrogens (primary N) is 1. The van der Waals surface area contributed by atoms with Gasteiger partial charge in [0.15, 0.2) is 0 Å². The summed E-state index contributed by atoms with van der Waals surface area (Å²) in [5, 5.41) is 5.07. The Hall–Kier alpha value is -1.40. The van der Waals surface area contributed by atoms with Crippen molar-refractivity contribution in [3.8, 4) is 0 Å². The molecule has 0 fully saturated rings. The molecule has 0 aliphatic carbocycles. The molecule has 0 saturated carbocycles. The SMILES string of the molecule is Cc1cc(C(=O)OCCC(C)(C)C)cc(S(N)(=O)=O)c1. The summed E-state index contributed by atoms with van der Waals surface area (Å²) in [6.07, 6.45) is 0.729. The van der Waals surface area contributed by atoms with Crippen LogP contribution in [0, 0.1) is 12.3 Å². The van der Waals surface area contributed by atoms with Crippen molar-refractivity contribution in [3.63, 3.8) is 0 Å². The Morgan fingerprint density at radius 3 is 2.35 bits per heavy atom. The molecule has 6 heteroatoms. The van der Waals surface area contributed by atoms with Gasteiger partial charge in [-0.1, -0.05) is 20.8 Å². The number of rotatable bonds is 4. The Balaban J connectivity index is 2.86. The fraction of sp³-hybridized carbons (Fsp3) is 0.500. The lowest BCUT2D eigenvalue weighted by Gasteiger charge is -2.17. The van der Waals surface area contributed by atoms with Crippen LogP contribution >= 0.6 is 0 Å². The number of carbonyl (C=O) groups excluding carboxylic acids is 1. The standard InChI is InChI=1S/C14H21NO4S/c1-10-7-11(9-12(8-10)20(15,17)18)13(16)19-6-5-14(2,3)4/h7-9H,5-6H2,1-4H3,(H2,15,17,18). The molecule has 0 bridgehead atoms. The normalized spacial score (nSPS) is 12.2. The first-order valence-corrected chi connectivity index (χ1v) is 7.85. The van der Waals surface area contributed by atoms with E-state index in [1.165, 1.54) is 12.1 Å². The van der Waals surface area contributed by atoms with Gasteiger partial charge in [0.2, 0.25) is 10.0 Å². The second-order valence-corrected chi connectivity index (χ2v) is 7.59. The highest BCUT2D eigenvalue weighted by Crippen LogP contribution is 2.19. The third kappa shape index (κ3) is 5.30. The fourth-order valence-electron chi connectivity index (χ4n) is 1.56. The molecule has 0 amide bonds. The van der Waals surface area contributed by atoms with Gasteiger partial charge in [0.25, 0.3) is 0 Å². The van der Waals surface area contributed by atoms with E-state index in [1.54, 1.807) is 13.0 Å². The molecule has 5 nitrogen and oxygen atoms in total. The smallest absolute Gasteiger partial charge is 0.338 e. The van der Waals surface area contributed by atoms with Crippen LogP contribution in [0.4, 0.5) is 0 Å². The van der Waals surface area contributed by atoms with Gasteiger partial charge in [0.05, 0.1) is 17.1 Å². The second kappa shape index (κ2) is 5.93. The average Bonchev–Trinajstić information content (AvgIpc) is 2.25. The Morgan fingerprint density at radius 1 is 1.25 bits per heavy atom. The summed E-state index contributed by atoms with van der Waals surface area (Å²) in [7, 11) is -3.83. The molecular weight excluding hydrogens is 278 g/mol. The summed E-state index contributed by atoms with van der Waals surface area (Å²) in [6.45, 7) is 8.13. The van der Waals surface area contributed by atoms with E-state index in [9.17, 15) is 13.2 Å². The summed E-state index contributed by atoms with van der Waals surface area (Å²) in [6, 6.07) is 4.23. The number of benzene rings is 1. The zero-order valence-electron chi connectivity index (χ0n) is 12.3. The van der Waals surface area contributed by atoms with Gasteiger partial charge in [0, 0.05) is 0 Å². The van der Waals surface area contributed by atoms with Crippen LogP contribution in [0.1, 0.15) is 43.1 Å². The molecule has 0 aliphatic heterocycles. The minimum atomic E-state index is -3.83. The van der Waals surface area contributed by atoms with E-state index in [1.807, 2.05) is 20.8 Å². The minimum Gasteiger partial charge on any atom is -0.462 e. The van der Waals surface area contributed by atoms with Crippen LogP contribution in [0.25, 0.3) is 0 Å². The molecule has 0 spiro atoms. The van der Waals surface area contributed by atoms with Crippen LogP contribution in [0.2, 0.25) is 0 Å². The van der Waals surface area contributed by atoms with Gasteiger partial charge in [-0.25, -0.2) is 18.4 Å². The summed E-state index contributed by atoms with van der Waals surface area (Å²) < 4.78 is 27.8. The van der Waals surface area contributed by atoms with Crippen LogP contribution in [0.15, 0.2) is 23.1 Å². The van der Waals surface area contributed by atoms with Crippen LogP contribution in [0.5, 0.6) is 0 Å². The average molecular weight is 299 g/mol. The van der Waals surface area contributed by atoms with Gasteiger partial charge in [-0.05, 0) is 42.5 Å². The topological polar surface area (TPSA) is 86.5 Å². The van der Waals surface area contributed by atoms with Crippen molar-refractivity contribution in [2.24, 2.45) is 10.6 Å². The van der Waals surface area contributed by atoms with Crippen molar-refractivity contribution in [3.05, 3.63) is 29.3 Å². The fourth-order valence-corrected chi connectivity index (χ4v) is 2.20. The van der Waals surface area contributed by atoms with Crippen molar-refractivity contribution in [1.82, 2.24) is 0 Å². The third-order valence-corrected chi connectivity index (χ3v) is 3.59. The highest BCUT2D eigenvalue weighted by Gasteiger charge is 2.16. The van der Waals surface area contributed by atoms with Crippen LogP contribution in [-0.2, 0) is 14.8 Å². The van der Waals surface area contributed by atoms with Crippen molar-refractivity contribution < 1.29 is 17.9 Å². The van der Waals surface area contributed by atoms with Crippen LogP contribution < -0.4 is 5.14 Å². The second-order valence-electron chi connectivity index (χ2n) is 6.03. The lowest BCUT2D eigenvalue weighted by Crippen LogP contribution is -2.15.